The summed E-state index contributed by atoms with van der Waals surface area (Å²) in [6, 6.07) is 39.8. The lowest BCUT2D eigenvalue weighted by atomic mass is 9.48. The van der Waals surface area contributed by atoms with Crippen LogP contribution in [0, 0.1) is 0 Å². The minimum atomic E-state index is -0.889. The molecule has 0 unspecified atom stereocenters. The Hall–Kier alpha value is -4.18. The highest BCUT2D eigenvalue weighted by molar-refractivity contribution is 5.69. The van der Waals surface area contributed by atoms with Crippen molar-refractivity contribution in [1.82, 2.24) is 0 Å². The van der Waals surface area contributed by atoms with Gasteiger partial charge < -0.3 is 10.2 Å². The van der Waals surface area contributed by atoms with Crippen LogP contribution >= 0.6 is 0 Å². The molecule has 2 N–H and O–H groups in total. The van der Waals surface area contributed by atoms with Gasteiger partial charge in [-0.2, -0.15) is 0 Å². The fraction of sp³-hybridized carbons (Fsp3) is 0.188. The van der Waals surface area contributed by atoms with E-state index in [1.807, 2.05) is 121 Å². The molecule has 0 saturated carbocycles. The van der Waals surface area contributed by atoms with Crippen molar-refractivity contribution in [2.75, 3.05) is 0 Å². The molecule has 4 heteroatoms. The zero-order valence-electron chi connectivity index (χ0n) is 20.1. The molecular formula is C32H30O4. The van der Waals surface area contributed by atoms with Crippen LogP contribution in [0.5, 0.6) is 0 Å². The number of hydrogen-bond acceptors (Lipinski definition) is 2. The van der Waals surface area contributed by atoms with E-state index in [1.165, 1.54) is 0 Å². The molecule has 0 aromatic heterocycles. The van der Waals surface area contributed by atoms with Crippen molar-refractivity contribution in [2.45, 2.75) is 36.5 Å². The van der Waals surface area contributed by atoms with Gasteiger partial charge >= 0.3 is 11.9 Å². The van der Waals surface area contributed by atoms with Crippen LogP contribution in [0.15, 0.2) is 121 Å². The van der Waals surface area contributed by atoms with E-state index in [0.717, 1.165) is 22.3 Å². The molecule has 0 heterocycles. The molecule has 0 amide bonds. The topological polar surface area (TPSA) is 74.6 Å². The third-order valence-electron chi connectivity index (χ3n) is 7.22. The Morgan fingerprint density at radius 3 is 0.861 bits per heavy atom. The van der Waals surface area contributed by atoms with Gasteiger partial charge in [0.25, 0.3) is 0 Å². The number of carboxylic acid groups (broad SMARTS) is 2. The normalized spacial score (nSPS) is 11.7. The van der Waals surface area contributed by atoms with E-state index in [-0.39, 0.29) is 12.8 Å². The van der Waals surface area contributed by atoms with Gasteiger partial charge in [0.1, 0.15) is 0 Å². The van der Waals surface area contributed by atoms with Crippen LogP contribution < -0.4 is 0 Å². The Morgan fingerprint density at radius 2 is 0.667 bits per heavy atom. The molecule has 0 aliphatic rings. The van der Waals surface area contributed by atoms with E-state index < -0.39 is 22.8 Å². The van der Waals surface area contributed by atoms with Crippen LogP contribution in [0.3, 0.4) is 0 Å². The highest BCUT2D eigenvalue weighted by Crippen LogP contribution is 2.57. The van der Waals surface area contributed by atoms with Gasteiger partial charge in [0.2, 0.25) is 0 Å². The van der Waals surface area contributed by atoms with E-state index in [9.17, 15) is 19.8 Å². The third-order valence-corrected chi connectivity index (χ3v) is 7.22. The standard InChI is InChI=1S/C32H30O4/c33-29(34)21-23-31(25-13-5-1-6-14-25,26-15-7-2-8-16-26)32(24-22-30(35)36,27-17-9-3-10-18-27)28-19-11-4-12-20-28/h1-20H,21-24H2,(H,33,34)(H,35,36). The van der Waals surface area contributed by atoms with Crippen molar-refractivity contribution >= 4 is 11.9 Å². The fourth-order valence-electron chi connectivity index (χ4n) is 5.80. The molecule has 0 radical (unpaired) electrons. The Labute approximate surface area is 211 Å². The summed E-state index contributed by atoms with van der Waals surface area (Å²) in [5.41, 5.74) is 2.08. The average molecular weight is 479 g/mol. The zero-order chi connectivity index (χ0) is 25.4. The maximum Gasteiger partial charge on any atom is 0.303 e. The van der Waals surface area contributed by atoms with Crippen LogP contribution in [-0.2, 0) is 20.4 Å². The zero-order valence-corrected chi connectivity index (χ0v) is 20.1. The van der Waals surface area contributed by atoms with Gasteiger partial charge in [-0.3, -0.25) is 9.59 Å². The molecular weight excluding hydrogens is 448 g/mol. The van der Waals surface area contributed by atoms with Crippen LogP contribution in [0.1, 0.15) is 47.9 Å². The van der Waals surface area contributed by atoms with Gasteiger partial charge in [0, 0.05) is 23.7 Å². The predicted molar refractivity (Wildman–Crippen MR) is 141 cm³/mol. The summed E-state index contributed by atoms with van der Waals surface area (Å²) in [7, 11) is 0. The van der Waals surface area contributed by atoms with E-state index in [0.29, 0.717) is 12.8 Å². The Bertz CT molecular complexity index is 1090. The van der Waals surface area contributed by atoms with Gasteiger partial charge in [-0.15, -0.1) is 0 Å². The molecule has 4 nitrogen and oxygen atoms in total. The molecule has 0 bridgehead atoms. The summed E-state index contributed by atoms with van der Waals surface area (Å²) in [5, 5.41) is 19.8. The molecule has 0 spiro atoms. The van der Waals surface area contributed by atoms with E-state index in [4.69, 9.17) is 0 Å². The van der Waals surface area contributed by atoms with Gasteiger partial charge in [-0.1, -0.05) is 121 Å². The summed E-state index contributed by atoms with van der Waals surface area (Å²) < 4.78 is 0. The first-order valence-corrected chi connectivity index (χ1v) is 12.2. The molecule has 0 atom stereocenters. The molecule has 182 valence electrons. The van der Waals surface area contributed by atoms with Gasteiger partial charge in [0.05, 0.1) is 0 Å². The van der Waals surface area contributed by atoms with Crippen molar-refractivity contribution in [2.24, 2.45) is 0 Å². The second-order valence-electron chi connectivity index (χ2n) is 9.06. The molecule has 0 aliphatic heterocycles. The lowest BCUT2D eigenvalue weighted by Gasteiger charge is -2.53. The van der Waals surface area contributed by atoms with E-state index >= 15 is 0 Å². The first kappa shape index (κ1) is 24.9. The average Bonchev–Trinajstić information content (AvgIpc) is 2.92. The maximum absolute atomic E-state index is 12.1. The Kier molecular flexibility index (Phi) is 7.65. The lowest BCUT2D eigenvalue weighted by Crippen LogP contribution is -2.51. The van der Waals surface area contributed by atoms with Crippen molar-refractivity contribution in [3.63, 3.8) is 0 Å². The van der Waals surface area contributed by atoms with Crippen LogP contribution in [-0.4, -0.2) is 22.2 Å². The van der Waals surface area contributed by atoms with E-state index in [1.54, 1.807) is 0 Å². The summed E-state index contributed by atoms with van der Waals surface area (Å²) in [6.07, 6.45) is 0.441. The van der Waals surface area contributed by atoms with Gasteiger partial charge in [-0.25, -0.2) is 0 Å². The van der Waals surface area contributed by atoms with Crippen molar-refractivity contribution < 1.29 is 19.8 Å². The number of hydrogen-bond donors (Lipinski definition) is 2. The summed E-state index contributed by atoms with van der Waals surface area (Å²) in [6.45, 7) is 0. The highest BCUT2D eigenvalue weighted by atomic mass is 16.4. The number of aliphatic carboxylic acids is 2. The molecule has 4 rings (SSSR count). The first-order chi connectivity index (χ1) is 17.5. The van der Waals surface area contributed by atoms with Crippen molar-refractivity contribution in [1.29, 1.82) is 0 Å². The minimum Gasteiger partial charge on any atom is -0.481 e. The van der Waals surface area contributed by atoms with Crippen molar-refractivity contribution in [3.05, 3.63) is 144 Å². The molecule has 36 heavy (non-hydrogen) atoms. The monoisotopic (exact) mass is 478 g/mol. The van der Waals surface area contributed by atoms with Gasteiger partial charge in [0.15, 0.2) is 0 Å². The molecule has 0 saturated heterocycles. The molecule has 4 aromatic carbocycles. The van der Waals surface area contributed by atoms with Crippen LogP contribution in [0.25, 0.3) is 0 Å². The molecule has 0 fully saturated rings. The quantitative estimate of drug-likeness (QED) is 0.252. The van der Waals surface area contributed by atoms with Crippen LogP contribution in [0.4, 0.5) is 0 Å². The highest BCUT2D eigenvalue weighted by Gasteiger charge is 2.55. The minimum absolute atomic E-state index is 0.0712. The van der Waals surface area contributed by atoms with Gasteiger partial charge in [-0.05, 0) is 35.1 Å². The summed E-state index contributed by atoms with van der Waals surface area (Å²) >= 11 is 0. The SMILES string of the molecule is O=C(O)CCC(c1ccccc1)(c1ccccc1)C(CCC(=O)O)(c1ccccc1)c1ccccc1. The number of benzene rings is 4. The maximum atomic E-state index is 12.1. The Morgan fingerprint density at radius 1 is 0.444 bits per heavy atom. The number of rotatable bonds is 11. The predicted octanol–water partition coefficient (Wildman–Crippen LogP) is 6.69. The fourth-order valence-corrected chi connectivity index (χ4v) is 5.80. The second-order valence-corrected chi connectivity index (χ2v) is 9.06. The summed E-state index contributed by atoms with van der Waals surface area (Å²) in [4.78, 5) is 24.2. The second kappa shape index (κ2) is 11.0. The van der Waals surface area contributed by atoms with Crippen LogP contribution in [0.2, 0.25) is 0 Å². The smallest absolute Gasteiger partial charge is 0.303 e. The van der Waals surface area contributed by atoms with Crippen molar-refractivity contribution in [3.8, 4) is 0 Å². The third kappa shape index (κ3) is 4.67. The molecule has 0 aliphatic carbocycles. The number of carbonyl (C=O) groups is 2. The lowest BCUT2D eigenvalue weighted by molar-refractivity contribution is -0.139. The van der Waals surface area contributed by atoms with E-state index in [2.05, 4.69) is 0 Å². The Balaban J connectivity index is 2.20. The first-order valence-electron chi connectivity index (χ1n) is 12.2. The number of carboxylic acids is 2. The molecule has 4 aromatic rings. The summed E-state index contributed by atoms with van der Waals surface area (Å²) in [5.74, 6) is -1.78. The largest absolute Gasteiger partial charge is 0.481 e.